The molecule has 27 heavy (non-hydrogen) atoms. The molecule has 2 rings (SSSR count). The predicted octanol–water partition coefficient (Wildman–Crippen LogP) is 2.83. The Labute approximate surface area is 155 Å². The van der Waals surface area contributed by atoms with Crippen LogP contribution in [0.4, 0.5) is 5.88 Å². The van der Waals surface area contributed by atoms with E-state index in [0.29, 0.717) is 18.1 Å². The van der Waals surface area contributed by atoms with Crippen molar-refractivity contribution in [3.63, 3.8) is 0 Å². The number of hydrogen-bond donors (Lipinski definition) is 1. The van der Waals surface area contributed by atoms with Crippen molar-refractivity contribution in [1.82, 2.24) is 0 Å². The van der Waals surface area contributed by atoms with Crippen LogP contribution in [-0.4, -0.2) is 32.2 Å². The van der Waals surface area contributed by atoms with Gasteiger partial charge in [0, 0.05) is 0 Å². The molecule has 1 N–H and O–H groups in total. The molecule has 1 heterocycles. The molecule has 0 radical (unpaired) electrons. The number of rotatable bonds is 8. The lowest BCUT2D eigenvalue weighted by atomic mass is 10.1. The molecule has 0 aliphatic carbocycles. The highest BCUT2D eigenvalue weighted by Crippen LogP contribution is 2.28. The minimum Gasteiger partial charge on any atom is -0.486 e. The fourth-order valence-electron chi connectivity index (χ4n) is 2.23. The Morgan fingerprint density at radius 3 is 2.56 bits per heavy atom. The SMILES string of the molecule is C=CCOc1ccccc1OCC(=O)Nc1oc(C)c(C(=O)OC)c1C#N. The number of para-hydroxylation sites is 2. The molecule has 1 aromatic heterocycles. The Morgan fingerprint density at radius 2 is 1.96 bits per heavy atom. The molecule has 0 saturated carbocycles. The number of furan rings is 1. The number of amides is 1. The Bertz CT molecular complexity index is 894. The second-order valence-corrected chi connectivity index (χ2v) is 5.22. The van der Waals surface area contributed by atoms with E-state index in [1.807, 2.05) is 6.07 Å². The van der Waals surface area contributed by atoms with E-state index in [1.165, 1.54) is 14.0 Å². The van der Waals surface area contributed by atoms with Crippen molar-refractivity contribution in [2.45, 2.75) is 6.92 Å². The number of ether oxygens (including phenoxy) is 3. The molecule has 8 nitrogen and oxygen atoms in total. The molecule has 0 unspecified atom stereocenters. The molecular weight excluding hydrogens is 352 g/mol. The van der Waals surface area contributed by atoms with Gasteiger partial charge in [0.15, 0.2) is 18.1 Å². The highest BCUT2D eigenvalue weighted by atomic mass is 16.5. The first kappa shape index (κ1) is 19.6. The minimum absolute atomic E-state index is 0.0283. The number of esters is 1. The summed E-state index contributed by atoms with van der Waals surface area (Å²) >= 11 is 0. The van der Waals surface area contributed by atoms with Crippen molar-refractivity contribution in [2.24, 2.45) is 0 Å². The van der Waals surface area contributed by atoms with E-state index in [9.17, 15) is 14.9 Å². The van der Waals surface area contributed by atoms with Gasteiger partial charge in [-0.25, -0.2) is 4.79 Å². The van der Waals surface area contributed by atoms with E-state index in [1.54, 1.807) is 30.3 Å². The van der Waals surface area contributed by atoms with Gasteiger partial charge in [0.2, 0.25) is 5.88 Å². The van der Waals surface area contributed by atoms with Crippen LogP contribution in [0.15, 0.2) is 41.3 Å². The number of nitriles is 1. The minimum atomic E-state index is -0.724. The predicted molar refractivity (Wildman–Crippen MR) is 95.8 cm³/mol. The maximum atomic E-state index is 12.2. The second kappa shape index (κ2) is 9.10. The third-order valence-electron chi connectivity index (χ3n) is 3.40. The number of methoxy groups -OCH3 is 1. The summed E-state index contributed by atoms with van der Waals surface area (Å²) in [6, 6.07) is 8.69. The van der Waals surface area contributed by atoms with Gasteiger partial charge in [-0.2, -0.15) is 5.26 Å². The number of benzene rings is 1. The van der Waals surface area contributed by atoms with Gasteiger partial charge >= 0.3 is 5.97 Å². The molecule has 1 amide bonds. The van der Waals surface area contributed by atoms with Crippen LogP contribution in [0.1, 0.15) is 21.7 Å². The molecule has 0 bridgehead atoms. The van der Waals surface area contributed by atoms with E-state index in [4.69, 9.17) is 13.9 Å². The van der Waals surface area contributed by atoms with Gasteiger partial charge in [-0.1, -0.05) is 24.8 Å². The van der Waals surface area contributed by atoms with Crippen LogP contribution >= 0.6 is 0 Å². The molecule has 0 spiro atoms. The monoisotopic (exact) mass is 370 g/mol. The van der Waals surface area contributed by atoms with Crippen molar-refractivity contribution in [1.29, 1.82) is 5.26 Å². The molecule has 0 fully saturated rings. The number of carbonyl (C=O) groups excluding carboxylic acids is 2. The van der Waals surface area contributed by atoms with Gasteiger partial charge in [-0.05, 0) is 19.1 Å². The zero-order chi connectivity index (χ0) is 19.8. The summed E-state index contributed by atoms with van der Waals surface area (Å²) in [4.78, 5) is 23.9. The van der Waals surface area contributed by atoms with Gasteiger partial charge < -0.3 is 18.6 Å². The van der Waals surface area contributed by atoms with Crippen molar-refractivity contribution in [3.8, 4) is 17.6 Å². The van der Waals surface area contributed by atoms with Crippen LogP contribution < -0.4 is 14.8 Å². The van der Waals surface area contributed by atoms with E-state index in [2.05, 4.69) is 16.6 Å². The summed E-state index contributed by atoms with van der Waals surface area (Å²) < 4.78 is 20.8. The van der Waals surface area contributed by atoms with E-state index in [0.717, 1.165) is 0 Å². The molecule has 0 aliphatic rings. The number of nitrogens with one attached hydrogen (secondary N) is 1. The number of anilines is 1. The molecule has 0 aliphatic heterocycles. The maximum Gasteiger partial charge on any atom is 0.342 e. The topological polar surface area (TPSA) is 111 Å². The first-order valence-corrected chi connectivity index (χ1v) is 7.89. The number of carbonyl (C=O) groups is 2. The normalized spacial score (nSPS) is 9.81. The Kier molecular flexibility index (Phi) is 6.61. The third kappa shape index (κ3) is 4.67. The fourth-order valence-corrected chi connectivity index (χ4v) is 2.23. The van der Waals surface area contributed by atoms with Crippen molar-refractivity contribution < 1.29 is 28.2 Å². The zero-order valence-electron chi connectivity index (χ0n) is 14.9. The Hall–Kier alpha value is -3.73. The van der Waals surface area contributed by atoms with Crippen molar-refractivity contribution in [2.75, 3.05) is 25.6 Å². The van der Waals surface area contributed by atoms with Gasteiger partial charge in [-0.3, -0.25) is 10.1 Å². The van der Waals surface area contributed by atoms with Gasteiger partial charge in [0.05, 0.1) is 7.11 Å². The highest BCUT2D eigenvalue weighted by molar-refractivity contribution is 5.98. The Morgan fingerprint density at radius 1 is 1.30 bits per heavy atom. The third-order valence-corrected chi connectivity index (χ3v) is 3.40. The lowest BCUT2D eigenvalue weighted by molar-refractivity contribution is -0.118. The molecular formula is C19H18N2O6. The van der Waals surface area contributed by atoms with Crippen LogP contribution in [0, 0.1) is 18.3 Å². The number of aryl methyl sites for hydroxylation is 1. The van der Waals surface area contributed by atoms with Gasteiger partial charge in [-0.15, -0.1) is 0 Å². The molecule has 0 atom stereocenters. The smallest absolute Gasteiger partial charge is 0.342 e. The number of hydrogen-bond acceptors (Lipinski definition) is 7. The molecule has 1 aromatic carbocycles. The van der Waals surface area contributed by atoms with Crippen LogP contribution in [-0.2, 0) is 9.53 Å². The van der Waals surface area contributed by atoms with Crippen LogP contribution in [0.3, 0.4) is 0 Å². The summed E-state index contributed by atoms with van der Waals surface area (Å²) in [5.41, 5.74) is -0.137. The van der Waals surface area contributed by atoms with Gasteiger partial charge in [0.25, 0.3) is 5.91 Å². The molecule has 8 heteroatoms. The first-order valence-electron chi connectivity index (χ1n) is 7.89. The average Bonchev–Trinajstić information content (AvgIpc) is 2.99. The summed E-state index contributed by atoms with van der Waals surface area (Å²) in [6.07, 6.45) is 1.59. The summed E-state index contributed by atoms with van der Waals surface area (Å²) in [7, 11) is 1.19. The van der Waals surface area contributed by atoms with Crippen LogP contribution in [0.5, 0.6) is 11.5 Å². The van der Waals surface area contributed by atoms with Crippen molar-refractivity contribution in [3.05, 3.63) is 53.8 Å². The largest absolute Gasteiger partial charge is 0.486 e. The standard InChI is InChI=1S/C19H18N2O6/c1-4-9-25-14-7-5-6-8-15(14)26-11-16(22)21-18-13(10-20)17(12(2)27-18)19(23)24-3/h4-8H,1,9,11H2,2-3H3,(H,21,22). The maximum absolute atomic E-state index is 12.2. The van der Waals surface area contributed by atoms with Gasteiger partial charge in [0.1, 0.15) is 29.6 Å². The average molecular weight is 370 g/mol. The van der Waals surface area contributed by atoms with Crippen LogP contribution in [0.25, 0.3) is 0 Å². The highest BCUT2D eigenvalue weighted by Gasteiger charge is 2.25. The van der Waals surface area contributed by atoms with E-state index in [-0.39, 0.29) is 29.4 Å². The fraction of sp³-hybridized carbons (Fsp3) is 0.211. The number of nitrogens with zero attached hydrogens (tertiary/aromatic N) is 1. The molecule has 0 saturated heterocycles. The summed E-state index contributed by atoms with van der Waals surface area (Å²) in [6.45, 7) is 5.00. The zero-order valence-corrected chi connectivity index (χ0v) is 14.9. The lowest BCUT2D eigenvalue weighted by Gasteiger charge is -2.11. The lowest BCUT2D eigenvalue weighted by Crippen LogP contribution is -2.20. The van der Waals surface area contributed by atoms with E-state index >= 15 is 0 Å². The van der Waals surface area contributed by atoms with Crippen molar-refractivity contribution >= 4 is 17.8 Å². The second-order valence-electron chi connectivity index (χ2n) is 5.22. The summed E-state index contributed by atoms with van der Waals surface area (Å²) in [5, 5.41) is 11.7. The van der Waals surface area contributed by atoms with Crippen LogP contribution in [0.2, 0.25) is 0 Å². The molecule has 2 aromatic rings. The quantitative estimate of drug-likeness (QED) is 0.562. The van der Waals surface area contributed by atoms with E-state index < -0.39 is 11.9 Å². The first-order chi connectivity index (χ1) is 13.0. The summed E-state index contributed by atoms with van der Waals surface area (Å²) in [5.74, 6) is -0.434. The Balaban J connectivity index is 2.08. The molecule has 140 valence electrons.